The summed E-state index contributed by atoms with van der Waals surface area (Å²) in [5, 5.41) is 4.21. The van der Waals surface area contributed by atoms with Gasteiger partial charge in [-0.25, -0.2) is 8.42 Å². The summed E-state index contributed by atoms with van der Waals surface area (Å²) >= 11 is 18.7. The van der Waals surface area contributed by atoms with Crippen LogP contribution in [0, 0.1) is 6.92 Å². The maximum Gasteiger partial charge on any atom is 0.264 e. The molecule has 47 heavy (non-hydrogen) atoms. The molecule has 7 nitrogen and oxygen atoms in total. The second-order valence-corrected chi connectivity index (χ2v) is 14.8. The summed E-state index contributed by atoms with van der Waals surface area (Å²) in [6, 6.07) is 26.3. The molecule has 1 aliphatic rings. The van der Waals surface area contributed by atoms with Gasteiger partial charge in [-0.3, -0.25) is 13.9 Å². The fourth-order valence-corrected chi connectivity index (χ4v) is 7.77. The van der Waals surface area contributed by atoms with Crippen LogP contribution in [0.3, 0.4) is 0 Å². The number of hydrogen-bond donors (Lipinski definition) is 1. The second-order valence-electron chi connectivity index (χ2n) is 11.7. The number of anilines is 1. The largest absolute Gasteiger partial charge is 0.352 e. The Morgan fingerprint density at radius 2 is 1.49 bits per heavy atom. The maximum atomic E-state index is 14.7. The summed E-state index contributed by atoms with van der Waals surface area (Å²) in [4.78, 5) is 30.2. The van der Waals surface area contributed by atoms with Crippen LogP contribution in [0.1, 0.15) is 42.4 Å². The molecule has 1 fully saturated rings. The highest BCUT2D eigenvalue weighted by atomic mass is 35.5. The predicted octanol–water partition coefficient (Wildman–Crippen LogP) is 7.85. The van der Waals surface area contributed by atoms with Gasteiger partial charge in [0.2, 0.25) is 11.8 Å². The summed E-state index contributed by atoms with van der Waals surface area (Å²) in [6.45, 7) is 1.22. The molecule has 0 heterocycles. The van der Waals surface area contributed by atoms with Crippen molar-refractivity contribution in [2.24, 2.45) is 0 Å². The van der Waals surface area contributed by atoms with Crippen LogP contribution in [0.25, 0.3) is 0 Å². The number of nitrogens with one attached hydrogen (secondary N) is 1. The van der Waals surface area contributed by atoms with Gasteiger partial charge in [-0.05, 0) is 78.9 Å². The zero-order valence-corrected chi connectivity index (χ0v) is 29.0. The van der Waals surface area contributed by atoms with Crippen LogP contribution in [-0.2, 0) is 32.6 Å². The minimum atomic E-state index is -4.24. The summed E-state index contributed by atoms with van der Waals surface area (Å²) in [5.41, 5.74) is 2.51. The minimum Gasteiger partial charge on any atom is -0.352 e. The van der Waals surface area contributed by atoms with E-state index in [1.165, 1.54) is 29.2 Å². The lowest BCUT2D eigenvalue weighted by molar-refractivity contribution is -0.140. The highest BCUT2D eigenvalue weighted by Gasteiger charge is 2.36. The third kappa shape index (κ3) is 8.68. The molecule has 1 atom stereocenters. The first-order chi connectivity index (χ1) is 22.5. The number of halogens is 3. The molecule has 1 saturated carbocycles. The SMILES string of the molecule is Cc1ccccc1N(CC(=O)N(Cc1ccc(Cl)c(Cl)c1)C(Cc1ccccc1)C(=O)NC1CCCC1)S(=O)(=O)c1ccc(Cl)cc1. The molecular formula is C36H36Cl3N3O4S. The standard InChI is InChI=1S/C36H36Cl3N3O4S/c1-25-9-5-8-14-33(25)42(47(45,46)30-18-16-28(37)17-19-30)24-35(43)41(23-27-15-20-31(38)32(39)21-27)34(22-26-10-3-2-4-11-26)36(44)40-29-12-6-7-13-29/h2-5,8-11,14-21,29,34H,6-7,12-13,22-24H2,1H3,(H,40,44). The molecule has 0 aromatic heterocycles. The van der Waals surface area contributed by atoms with Gasteiger partial charge in [-0.15, -0.1) is 0 Å². The van der Waals surface area contributed by atoms with Crippen LogP contribution in [0.2, 0.25) is 15.1 Å². The first kappa shape index (κ1) is 34.8. The number of benzene rings is 4. The Morgan fingerprint density at radius 1 is 0.830 bits per heavy atom. The van der Waals surface area contributed by atoms with E-state index in [0.29, 0.717) is 31.9 Å². The van der Waals surface area contributed by atoms with E-state index < -0.39 is 28.5 Å². The predicted molar refractivity (Wildman–Crippen MR) is 189 cm³/mol. The molecule has 1 aliphatic carbocycles. The highest BCUT2D eigenvalue weighted by molar-refractivity contribution is 7.92. The van der Waals surface area contributed by atoms with Crippen molar-refractivity contribution >= 4 is 62.3 Å². The number of rotatable bonds is 12. The van der Waals surface area contributed by atoms with E-state index in [0.717, 1.165) is 35.6 Å². The van der Waals surface area contributed by atoms with E-state index >= 15 is 0 Å². The van der Waals surface area contributed by atoms with Crippen molar-refractivity contribution in [1.29, 1.82) is 0 Å². The molecule has 1 unspecified atom stereocenters. The van der Waals surface area contributed by atoms with Crippen molar-refractivity contribution in [3.8, 4) is 0 Å². The molecule has 246 valence electrons. The van der Waals surface area contributed by atoms with E-state index in [-0.39, 0.29) is 29.8 Å². The van der Waals surface area contributed by atoms with Gasteiger partial charge in [0.05, 0.1) is 20.6 Å². The van der Waals surface area contributed by atoms with E-state index in [1.54, 1.807) is 49.4 Å². The molecule has 0 spiro atoms. The number of nitrogens with zero attached hydrogens (tertiary/aromatic N) is 2. The molecule has 1 N–H and O–H groups in total. The number of para-hydroxylation sites is 1. The van der Waals surface area contributed by atoms with Gasteiger partial charge in [0.25, 0.3) is 10.0 Å². The first-order valence-electron chi connectivity index (χ1n) is 15.4. The van der Waals surface area contributed by atoms with Crippen molar-refractivity contribution in [2.75, 3.05) is 10.8 Å². The van der Waals surface area contributed by atoms with Gasteiger partial charge in [0.15, 0.2) is 0 Å². The monoisotopic (exact) mass is 711 g/mol. The average molecular weight is 713 g/mol. The van der Waals surface area contributed by atoms with Crippen molar-refractivity contribution in [3.63, 3.8) is 0 Å². The molecule has 0 saturated heterocycles. The summed E-state index contributed by atoms with van der Waals surface area (Å²) < 4.78 is 29.5. The zero-order valence-electron chi connectivity index (χ0n) is 25.9. The van der Waals surface area contributed by atoms with Crippen molar-refractivity contribution < 1.29 is 18.0 Å². The molecule has 2 amide bonds. The number of amides is 2. The Hall–Kier alpha value is -3.56. The molecule has 5 rings (SSSR count). The Morgan fingerprint density at radius 3 is 2.15 bits per heavy atom. The first-order valence-corrected chi connectivity index (χ1v) is 18.0. The van der Waals surface area contributed by atoms with Crippen LogP contribution >= 0.6 is 34.8 Å². The smallest absolute Gasteiger partial charge is 0.264 e. The fraction of sp³-hybridized carbons (Fsp3) is 0.278. The summed E-state index contributed by atoms with van der Waals surface area (Å²) in [7, 11) is -4.24. The molecule has 4 aromatic rings. The Kier molecular flexibility index (Phi) is 11.5. The van der Waals surface area contributed by atoms with Gasteiger partial charge in [-0.2, -0.15) is 0 Å². The molecular weight excluding hydrogens is 677 g/mol. The van der Waals surface area contributed by atoms with Crippen LogP contribution < -0.4 is 9.62 Å². The highest BCUT2D eigenvalue weighted by Crippen LogP contribution is 2.29. The number of sulfonamides is 1. The van der Waals surface area contributed by atoms with E-state index in [1.807, 2.05) is 30.3 Å². The Labute approximate surface area is 291 Å². The van der Waals surface area contributed by atoms with Crippen LogP contribution in [-0.4, -0.2) is 43.8 Å². The van der Waals surface area contributed by atoms with E-state index in [2.05, 4.69) is 5.32 Å². The van der Waals surface area contributed by atoms with Gasteiger partial charge in [0.1, 0.15) is 12.6 Å². The Bertz CT molecular complexity index is 1820. The lowest BCUT2D eigenvalue weighted by Gasteiger charge is -2.34. The van der Waals surface area contributed by atoms with Crippen molar-refractivity contribution in [3.05, 3.63) is 129 Å². The maximum absolute atomic E-state index is 14.7. The van der Waals surface area contributed by atoms with Crippen LogP contribution in [0.5, 0.6) is 0 Å². The normalized spacial score (nSPS) is 14.0. The number of aryl methyl sites for hydroxylation is 1. The Balaban J connectivity index is 1.58. The average Bonchev–Trinajstić information content (AvgIpc) is 3.57. The van der Waals surface area contributed by atoms with Gasteiger partial charge in [-0.1, -0.05) is 102 Å². The third-order valence-corrected chi connectivity index (χ3v) is 11.1. The lowest BCUT2D eigenvalue weighted by atomic mass is 10.0. The number of hydrogen-bond acceptors (Lipinski definition) is 4. The molecule has 4 aromatic carbocycles. The molecule has 11 heteroatoms. The molecule has 0 aliphatic heterocycles. The van der Waals surface area contributed by atoms with Crippen molar-refractivity contribution in [2.45, 2.75) is 62.6 Å². The van der Waals surface area contributed by atoms with Crippen LogP contribution in [0.4, 0.5) is 5.69 Å². The summed E-state index contributed by atoms with van der Waals surface area (Å²) in [5.74, 6) is -0.850. The number of carbonyl (C=O) groups is 2. The van der Waals surface area contributed by atoms with Gasteiger partial charge < -0.3 is 10.2 Å². The summed E-state index contributed by atoms with van der Waals surface area (Å²) in [6.07, 6.45) is 4.00. The fourth-order valence-electron chi connectivity index (χ4n) is 5.85. The van der Waals surface area contributed by atoms with E-state index in [9.17, 15) is 18.0 Å². The van der Waals surface area contributed by atoms with Gasteiger partial charge >= 0.3 is 0 Å². The van der Waals surface area contributed by atoms with E-state index in [4.69, 9.17) is 34.8 Å². The second kappa shape index (κ2) is 15.6. The van der Waals surface area contributed by atoms with Crippen molar-refractivity contribution in [1.82, 2.24) is 10.2 Å². The number of carbonyl (C=O) groups excluding carboxylic acids is 2. The molecule has 0 radical (unpaired) electrons. The molecule has 0 bridgehead atoms. The topological polar surface area (TPSA) is 86.8 Å². The third-order valence-electron chi connectivity index (χ3n) is 8.37. The quantitative estimate of drug-likeness (QED) is 0.162. The van der Waals surface area contributed by atoms with Gasteiger partial charge in [0, 0.05) is 24.0 Å². The minimum absolute atomic E-state index is 0.00604. The van der Waals surface area contributed by atoms with Crippen LogP contribution in [0.15, 0.2) is 102 Å². The zero-order chi connectivity index (χ0) is 33.6. The lowest BCUT2D eigenvalue weighted by Crippen LogP contribution is -2.54.